The number of methoxy groups -OCH3 is 2. The first-order chi connectivity index (χ1) is 29.9. The Morgan fingerprint density at radius 2 is 0.839 bits per heavy atom. The van der Waals surface area contributed by atoms with Crippen LogP contribution in [0.4, 0.5) is 0 Å². The van der Waals surface area contributed by atoms with Gasteiger partial charge < -0.3 is 29.2 Å². The van der Waals surface area contributed by atoms with Gasteiger partial charge in [0.15, 0.2) is 22.4 Å². The molecule has 0 spiro atoms. The molecule has 62 heavy (non-hydrogen) atoms. The predicted octanol–water partition coefficient (Wildman–Crippen LogP) is 8.69. The molecular formula is C50H46O12. The summed E-state index contributed by atoms with van der Waals surface area (Å²) >= 11 is 0. The van der Waals surface area contributed by atoms with E-state index in [1.165, 1.54) is 76.6 Å². The molecule has 0 aliphatic carbocycles. The summed E-state index contributed by atoms with van der Waals surface area (Å²) in [7, 11) is 3.04. The Morgan fingerprint density at radius 3 is 1.19 bits per heavy atom. The Morgan fingerprint density at radius 1 is 0.484 bits per heavy atom. The monoisotopic (exact) mass is 838 g/mol. The number of fused-ring (bicyclic) bond motifs is 2. The molecule has 0 radical (unpaired) electrons. The van der Waals surface area contributed by atoms with Gasteiger partial charge in [-0.25, -0.2) is 0 Å². The summed E-state index contributed by atoms with van der Waals surface area (Å²) in [6, 6.07) is 35.2. The first kappa shape index (κ1) is 44.2. The fourth-order valence-electron chi connectivity index (χ4n) is 8.52. The molecule has 0 fully saturated rings. The Kier molecular flexibility index (Phi) is 13.5. The number of carboxylic acids is 2. The lowest BCUT2D eigenvalue weighted by Gasteiger charge is -2.48. The van der Waals surface area contributed by atoms with Crippen LogP contribution in [0.15, 0.2) is 133 Å². The highest BCUT2D eigenvalue weighted by Crippen LogP contribution is 2.61. The maximum absolute atomic E-state index is 15.2. The van der Waals surface area contributed by atoms with Crippen LogP contribution in [0.2, 0.25) is 0 Å². The van der Waals surface area contributed by atoms with Gasteiger partial charge in [0.05, 0.1) is 27.4 Å². The average Bonchev–Trinajstić information content (AvgIpc) is 3.29. The number of rotatable bonds is 19. The lowest BCUT2D eigenvalue weighted by Crippen LogP contribution is -2.67. The maximum Gasteiger partial charge on any atom is 0.326 e. The summed E-state index contributed by atoms with van der Waals surface area (Å²) in [5.41, 5.74) is -6.62. The van der Waals surface area contributed by atoms with Crippen molar-refractivity contribution in [3.63, 3.8) is 0 Å². The summed E-state index contributed by atoms with van der Waals surface area (Å²) in [6.07, 6.45) is -1.59. The minimum atomic E-state index is -3.58. The molecule has 0 aliphatic rings. The third-order valence-electron chi connectivity index (χ3n) is 11.5. The smallest absolute Gasteiger partial charge is 0.326 e. The minimum absolute atomic E-state index is 0.0113. The molecule has 6 rings (SSSR count). The zero-order valence-electron chi connectivity index (χ0n) is 34.7. The van der Waals surface area contributed by atoms with Gasteiger partial charge >= 0.3 is 23.9 Å². The van der Waals surface area contributed by atoms with Gasteiger partial charge in [0.2, 0.25) is 0 Å². The van der Waals surface area contributed by atoms with Crippen LogP contribution < -0.4 is 9.47 Å². The van der Waals surface area contributed by atoms with Crippen molar-refractivity contribution in [1.29, 1.82) is 0 Å². The number of hydrogen-bond acceptors (Lipinski definition) is 10. The molecule has 0 saturated carbocycles. The zero-order valence-corrected chi connectivity index (χ0v) is 34.7. The molecule has 12 heteroatoms. The van der Waals surface area contributed by atoms with Crippen molar-refractivity contribution in [3.05, 3.63) is 156 Å². The number of Topliss-reactive ketones (excluding diaryl/α,β-unsaturated/α-hetero) is 2. The first-order valence-electron chi connectivity index (χ1n) is 20.0. The van der Waals surface area contributed by atoms with E-state index in [-0.39, 0.29) is 22.3 Å². The maximum atomic E-state index is 15.2. The highest BCUT2D eigenvalue weighted by molar-refractivity contribution is 6.16. The fourth-order valence-corrected chi connectivity index (χ4v) is 8.52. The number of carbonyl (C=O) groups is 6. The van der Waals surface area contributed by atoms with Crippen LogP contribution in [0.3, 0.4) is 0 Å². The third-order valence-corrected chi connectivity index (χ3v) is 11.5. The average molecular weight is 839 g/mol. The molecule has 0 bridgehead atoms. The number of hydrogen-bond donors (Lipinski definition) is 2. The number of esters is 2. The van der Waals surface area contributed by atoms with Crippen LogP contribution in [0.5, 0.6) is 11.5 Å². The largest absolute Gasteiger partial charge is 0.497 e. The molecule has 2 atom stereocenters. The van der Waals surface area contributed by atoms with Gasteiger partial charge in [-0.2, -0.15) is 0 Å². The molecule has 0 aromatic heterocycles. The van der Waals surface area contributed by atoms with Crippen molar-refractivity contribution >= 4 is 57.0 Å². The van der Waals surface area contributed by atoms with Gasteiger partial charge in [-0.1, -0.05) is 97.1 Å². The molecule has 6 aromatic carbocycles. The van der Waals surface area contributed by atoms with E-state index in [0.29, 0.717) is 22.3 Å². The van der Waals surface area contributed by atoms with E-state index in [0.717, 1.165) is 10.8 Å². The topological polar surface area (TPSA) is 180 Å². The van der Waals surface area contributed by atoms with Gasteiger partial charge in [-0.15, -0.1) is 0 Å². The van der Waals surface area contributed by atoms with Crippen molar-refractivity contribution in [2.24, 2.45) is 10.8 Å². The van der Waals surface area contributed by atoms with Crippen LogP contribution >= 0.6 is 0 Å². The molecule has 0 heterocycles. The predicted molar refractivity (Wildman–Crippen MR) is 231 cm³/mol. The summed E-state index contributed by atoms with van der Waals surface area (Å²) in [5, 5.41) is 26.3. The number of benzene rings is 6. The number of aliphatic carboxylic acids is 2. The molecule has 2 unspecified atom stereocenters. The van der Waals surface area contributed by atoms with Crippen LogP contribution in [-0.2, 0) is 28.7 Å². The minimum Gasteiger partial charge on any atom is -0.497 e. The second kappa shape index (κ2) is 18.9. The SMILES string of the molecule is CCOC(=O)C(C(=O)OCC)(C(CC(=O)c1ccc2cc(OC)ccc2c1)c1ccccc1)C(C(=O)O)(C(=O)O)C(CC(=O)c1ccc2cc(OC)ccc2c1)c1ccccc1. The third kappa shape index (κ3) is 8.11. The Hall–Kier alpha value is -7.34. The highest BCUT2D eigenvalue weighted by Gasteiger charge is 2.78. The molecular weight excluding hydrogens is 793 g/mol. The normalized spacial score (nSPS) is 12.5. The summed E-state index contributed by atoms with van der Waals surface area (Å²) < 4.78 is 21.9. The standard InChI is InChI=1S/C50H46O12/c1-5-61-47(57)50(48(58)62-6-2,42(32-15-11-8-12-16-32)30-44(52)38-20-18-36-28-40(60-4)24-22-34(36)26-38)49(45(53)54,46(55)56)41(31-13-9-7-10-14-31)29-43(51)37-19-17-35-27-39(59-3)23-21-33(35)25-37/h7-28,41-42H,5-6,29-30H2,1-4H3,(H,53,54)(H,55,56). The van der Waals surface area contributed by atoms with Crippen LogP contribution in [-0.4, -0.2) is 73.1 Å². The quantitative estimate of drug-likeness (QED) is 0.0451. The number of carboxylic acid groups (broad SMARTS) is 2. The first-order valence-corrected chi connectivity index (χ1v) is 20.0. The second-order valence-electron chi connectivity index (χ2n) is 14.7. The van der Waals surface area contributed by atoms with Crippen LogP contribution in [0.1, 0.15) is 70.4 Å². The lowest BCUT2D eigenvalue weighted by molar-refractivity contribution is -0.205. The summed E-state index contributed by atoms with van der Waals surface area (Å²) in [5.74, 6) is -11.4. The molecule has 6 aromatic rings. The molecule has 12 nitrogen and oxygen atoms in total. The van der Waals surface area contributed by atoms with E-state index >= 15 is 9.59 Å². The van der Waals surface area contributed by atoms with E-state index in [1.54, 1.807) is 84.9 Å². The van der Waals surface area contributed by atoms with E-state index < -0.39 is 84.2 Å². The Labute approximate surface area is 358 Å². The zero-order chi connectivity index (χ0) is 44.6. The van der Waals surface area contributed by atoms with Gasteiger partial charge in [-0.3, -0.25) is 28.8 Å². The van der Waals surface area contributed by atoms with Crippen LogP contribution in [0, 0.1) is 10.8 Å². The van der Waals surface area contributed by atoms with E-state index in [2.05, 4.69) is 0 Å². The van der Waals surface area contributed by atoms with Crippen LogP contribution in [0.25, 0.3) is 21.5 Å². The van der Waals surface area contributed by atoms with Crippen molar-refractivity contribution < 1.29 is 57.9 Å². The molecule has 0 saturated heterocycles. The van der Waals surface area contributed by atoms with E-state index in [9.17, 15) is 29.4 Å². The highest BCUT2D eigenvalue weighted by atomic mass is 16.6. The van der Waals surface area contributed by atoms with Crippen molar-refractivity contribution in [2.75, 3.05) is 27.4 Å². The van der Waals surface area contributed by atoms with Crippen molar-refractivity contribution in [3.8, 4) is 11.5 Å². The van der Waals surface area contributed by atoms with E-state index in [1.807, 2.05) is 0 Å². The van der Waals surface area contributed by atoms with Crippen molar-refractivity contribution in [2.45, 2.75) is 38.5 Å². The Bertz CT molecular complexity index is 2600. The summed E-state index contributed by atoms with van der Waals surface area (Å²) in [6.45, 7) is 1.99. The van der Waals surface area contributed by atoms with Gasteiger partial charge in [0.1, 0.15) is 11.5 Å². The number of ether oxygens (including phenoxy) is 4. The van der Waals surface area contributed by atoms with Crippen molar-refractivity contribution in [1.82, 2.24) is 0 Å². The number of carbonyl (C=O) groups excluding carboxylic acids is 4. The fraction of sp³-hybridized carbons (Fsp3) is 0.240. The Balaban J connectivity index is 1.65. The number of ketones is 2. The molecule has 318 valence electrons. The van der Waals surface area contributed by atoms with Gasteiger partial charge in [0.25, 0.3) is 0 Å². The van der Waals surface area contributed by atoms with Gasteiger partial charge in [-0.05, 0) is 82.9 Å². The molecule has 0 aliphatic heterocycles. The van der Waals surface area contributed by atoms with E-state index in [4.69, 9.17) is 18.9 Å². The summed E-state index contributed by atoms with van der Waals surface area (Å²) in [4.78, 5) is 89.0. The lowest BCUT2D eigenvalue weighted by atomic mass is 9.48. The second-order valence-corrected chi connectivity index (χ2v) is 14.7. The molecule has 2 N–H and O–H groups in total. The van der Waals surface area contributed by atoms with Gasteiger partial charge in [0, 0.05) is 35.8 Å². The molecule has 0 amide bonds.